The van der Waals surface area contributed by atoms with Crippen LogP contribution in [-0.4, -0.2) is 55.4 Å². The molecule has 0 aliphatic heterocycles. The van der Waals surface area contributed by atoms with Crippen molar-refractivity contribution in [3.05, 3.63) is 0 Å². The smallest absolute Gasteiger partial charge is 0.326 e. The molecule has 6 nitrogen and oxygen atoms in total. The van der Waals surface area contributed by atoms with E-state index in [0.29, 0.717) is 13.2 Å². The highest BCUT2D eigenvalue weighted by atomic mass is 16.5. The maximum atomic E-state index is 11.6. The van der Waals surface area contributed by atoms with Gasteiger partial charge in [-0.15, -0.1) is 0 Å². The molecule has 0 aromatic carbocycles. The van der Waals surface area contributed by atoms with Gasteiger partial charge in [0.1, 0.15) is 6.04 Å². The van der Waals surface area contributed by atoms with Gasteiger partial charge in [0.25, 0.3) is 0 Å². The van der Waals surface area contributed by atoms with E-state index < -0.39 is 12.0 Å². The van der Waals surface area contributed by atoms with E-state index in [2.05, 4.69) is 5.32 Å². The number of carbonyl (C=O) groups excluding carboxylic acids is 1. The second kappa shape index (κ2) is 5.69. The number of urea groups is 1. The normalized spacial score (nSPS) is 16.6. The Hall–Kier alpha value is -1.30. The molecular weight excluding hydrogens is 212 g/mol. The molecule has 1 saturated carbocycles. The molecule has 1 unspecified atom stereocenters. The molecule has 1 atom stereocenters. The Morgan fingerprint density at radius 2 is 2.19 bits per heavy atom. The molecule has 1 fully saturated rings. The van der Waals surface area contributed by atoms with E-state index in [9.17, 15) is 9.59 Å². The zero-order valence-electron chi connectivity index (χ0n) is 9.60. The number of hydrogen-bond donors (Lipinski definition) is 2. The first-order valence-corrected chi connectivity index (χ1v) is 5.29. The molecule has 1 rings (SSSR count). The molecule has 0 spiro atoms. The summed E-state index contributed by atoms with van der Waals surface area (Å²) in [6.07, 6.45) is 1.75. The van der Waals surface area contributed by atoms with Crippen molar-refractivity contribution in [1.82, 2.24) is 10.2 Å². The fourth-order valence-corrected chi connectivity index (χ4v) is 1.38. The first-order valence-electron chi connectivity index (χ1n) is 5.29. The molecule has 1 aliphatic carbocycles. The molecule has 1 aliphatic rings. The number of nitrogens with one attached hydrogen (secondary N) is 1. The monoisotopic (exact) mass is 230 g/mol. The van der Waals surface area contributed by atoms with E-state index in [4.69, 9.17) is 9.84 Å². The minimum atomic E-state index is -0.962. The number of amides is 2. The fraction of sp³-hybridized carbons (Fsp3) is 0.800. The van der Waals surface area contributed by atoms with E-state index in [-0.39, 0.29) is 11.9 Å². The maximum Gasteiger partial charge on any atom is 0.326 e. The topological polar surface area (TPSA) is 78.9 Å². The van der Waals surface area contributed by atoms with Crippen LogP contribution >= 0.6 is 0 Å². The summed E-state index contributed by atoms with van der Waals surface area (Å²) in [5.41, 5.74) is 0. The van der Waals surface area contributed by atoms with E-state index in [1.165, 1.54) is 4.90 Å². The average molecular weight is 230 g/mol. The number of nitrogens with zero attached hydrogens (tertiary/aromatic N) is 1. The van der Waals surface area contributed by atoms with Crippen molar-refractivity contribution < 1.29 is 19.4 Å². The lowest BCUT2D eigenvalue weighted by molar-refractivity contribution is -0.139. The number of likely N-dealkylation sites (N-methyl/N-ethyl adjacent to an activating group) is 1. The second-order valence-electron chi connectivity index (χ2n) is 4.02. The number of aliphatic carboxylic acids is 1. The molecule has 16 heavy (non-hydrogen) atoms. The number of carboxylic acid groups (broad SMARTS) is 1. The highest BCUT2D eigenvalue weighted by Gasteiger charge is 2.37. The molecule has 0 saturated heterocycles. The van der Waals surface area contributed by atoms with E-state index in [1.54, 1.807) is 14.2 Å². The maximum absolute atomic E-state index is 11.6. The van der Waals surface area contributed by atoms with Crippen molar-refractivity contribution in [3.63, 3.8) is 0 Å². The summed E-state index contributed by atoms with van der Waals surface area (Å²) in [6, 6.07) is -1.12. The van der Waals surface area contributed by atoms with Crippen molar-refractivity contribution in [2.45, 2.75) is 18.9 Å². The Morgan fingerprint density at radius 3 is 2.62 bits per heavy atom. The summed E-state index contributed by atoms with van der Waals surface area (Å²) < 4.78 is 4.84. The standard InChI is InChI=1S/C10H18N2O4/c1-12(5-6-16-2)10(15)11-8(9(13)14)7-3-4-7/h7-8H,3-6H2,1-2H3,(H,11,15)(H,13,14). The van der Waals surface area contributed by atoms with Gasteiger partial charge in [0.05, 0.1) is 6.61 Å². The number of methoxy groups -OCH3 is 1. The van der Waals surface area contributed by atoms with Gasteiger partial charge in [0.2, 0.25) is 0 Å². The first-order chi connectivity index (χ1) is 7.56. The number of ether oxygens (including phenoxy) is 1. The molecular formula is C10H18N2O4. The lowest BCUT2D eigenvalue weighted by Crippen LogP contribution is -2.48. The SMILES string of the molecule is COCCN(C)C(=O)NC(C(=O)O)C1CC1. The molecule has 2 amide bonds. The lowest BCUT2D eigenvalue weighted by Gasteiger charge is -2.20. The number of carboxylic acids is 1. The Morgan fingerprint density at radius 1 is 1.56 bits per heavy atom. The van der Waals surface area contributed by atoms with Gasteiger partial charge in [0, 0.05) is 20.7 Å². The highest BCUT2D eigenvalue weighted by molar-refractivity contribution is 5.83. The Kier molecular flexibility index (Phi) is 4.54. The third-order valence-electron chi connectivity index (χ3n) is 2.62. The van der Waals surface area contributed by atoms with Crippen molar-refractivity contribution in [3.8, 4) is 0 Å². The number of carbonyl (C=O) groups is 2. The predicted octanol–water partition coefficient (Wildman–Crippen LogP) is 0.137. The Balaban J connectivity index is 2.38. The summed E-state index contributed by atoms with van der Waals surface area (Å²) in [7, 11) is 3.16. The van der Waals surface area contributed by atoms with Crippen LogP contribution in [0.4, 0.5) is 4.79 Å². The Bertz CT molecular complexity index is 266. The molecule has 0 heterocycles. The summed E-state index contributed by atoms with van der Waals surface area (Å²) in [6.45, 7) is 0.879. The van der Waals surface area contributed by atoms with Crippen molar-refractivity contribution >= 4 is 12.0 Å². The van der Waals surface area contributed by atoms with Crippen LogP contribution in [0.25, 0.3) is 0 Å². The van der Waals surface area contributed by atoms with Crippen LogP contribution in [0.15, 0.2) is 0 Å². The minimum absolute atomic E-state index is 0.0947. The molecule has 92 valence electrons. The van der Waals surface area contributed by atoms with Gasteiger partial charge < -0.3 is 20.1 Å². The predicted molar refractivity (Wildman–Crippen MR) is 57.2 cm³/mol. The first kappa shape index (κ1) is 12.8. The molecule has 0 bridgehead atoms. The van der Waals surface area contributed by atoms with Gasteiger partial charge in [-0.05, 0) is 18.8 Å². The van der Waals surface area contributed by atoms with Crippen LogP contribution in [0.5, 0.6) is 0 Å². The Labute approximate surface area is 94.6 Å². The zero-order chi connectivity index (χ0) is 12.1. The van der Waals surface area contributed by atoms with Crippen LogP contribution < -0.4 is 5.32 Å². The third-order valence-corrected chi connectivity index (χ3v) is 2.62. The van der Waals surface area contributed by atoms with Crippen LogP contribution in [-0.2, 0) is 9.53 Å². The van der Waals surface area contributed by atoms with Crippen LogP contribution in [0.2, 0.25) is 0 Å². The fourth-order valence-electron chi connectivity index (χ4n) is 1.38. The van der Waals surface area contributed by atoms with Gasteiger partial charge in [0.15, 0.2) is 0 Å². The molecule has 2 N–H and O–H groups in total. The largest absolute Gasteiger partial charge is 0.480 e. The van der Waals surface area contributed by atoms with Crippen molar-refractivity contribution in [1.29, 1.82) is 0 Å². The van der Waals surface area contributed by atoms with Crippen LogP contribution in [0, 0.1) is 5.92 Å². The van der Waals surface area contributed by atoms with Gasteiger partial charge in [-0.2, -0.15) is 0 Å². The zero-order valence-corrected chi connectivity index (χ0v) is 9.60. The molecule has 0 aromatic heterocycles. The van der Waals surface area contributed by atoms with Crippen molar-refractivity contribution in [2.24, 2.45) is 5.92 Å². The van der Waals surface area contributed by atoms with Gasteiger partial charge in [-0.1, -0.05) is 0 Å². The van der Waals surface area contributed by atoms with E-state index in [1.807, 2.05) is 0 Å². The summed E-state index contributed by atoms with van der Waals surface area (Å²) >= 11 is 0. The molecule has 6 heteroatoms. The minimum Gasteiger partial charge on any atom is -0.480 e. The van der Waals surface area contributed by atoms with Gasteiger partial charge >= 0.3 is 12.0 Å². The quantitative estimate of drug-likeness (QED) is 0.680. The van der Waals surface area contributed by atoms with Crippen molar-refractivity contribution in [2.75, 3.05) is 27.3 Å². The highest BCUT2D eigenvalue weighted by Crippen LogP contribution is 2.32. The molecule has 0 aromatic rings. The van der Waals surface area contributed by atoms with Crippen LogP contribution in [0.3, 0.4) is 0 Å². The summed E-state index contributed by atoms with van der Waals surface area (Å²) in [5, 5.41) is 11.5. The van der Waals surface area contributed by atoms with Gasteiger partial charge in [-0.25, -0.2) is 9.59 Å². The third kappa shape index (κ3) is 3.69. The number of hydrogen-bond acceptors (Lipinski definition) is 3. The average Bonchev–Trinajstić information content (AvgIpc) is 3.05. The summed E-state index contributed by atoms with van der Waals surface area (Å²) in [4.78, 5) is 23.9. The van der Waals surface area contributed by atoms with Gasteiger partial charge in [-0.3, -0.25) is 0 Å². The second-order valence-corrected chi connectivity index (χ2v) is 4.02. The number of rotatable bonds is 6. The lowest BCUT2D eigenvalue weighted by atomic mass is 10.2. The summed E-state index contributed by atoms with van der Waals surface area (Å²) in [5.74, 6) is -0.867. The van der Waals surface area contributed by atoms with E-state index >= 15 is 0 Å². The van der Waals surface area contributed by atoms with E-state index in [0.717, 1.165) is 12.8 Å². The van der Waals surface area contributed by atoms with Crippen LogP contribution in [0.1, 0.15) is 12.8 Å². The molecule has 0 radical (unpaired) electrons.